The first-order valence-corrected chi connectivity index (χ1v) is 6.76. The molecule has 0 saturated heterocycles. The molecule has 3 aromatic rings. The van der Waals surface area contributed by atoms with E-state index in [1.54, 1.807) is 11.7 Å². The van der Waals surface area contributed by atoms with E-state index >= 15 is 0 Å². The van der Waals surface area contributed by atoms with Crippen LogP contribution in [0.1, 0.15) is 5.56 Å². The summed E-state index contributed by atoms with van der Waals surface area (Å²) >= 11 is 0. The van der Waals surface area contributed by atoms with Gasteiger partial charge in [-0.25, -0.2) is 9.36 Å². The number of nitrogens with one attached hydrogen (secondary N) is 1. The van der Waals surface area contributed by atoms with Gasteiger partial charge in [0.2, 0.25) is 0 Å². The number of benzene rings is 1. The van der Waals surface area contributed by atoms with E-state index in [0.29, 0.717) is 24.1 Å². The first-order valence-electron chi connectivity index (χ1n) is 6.76. The van der Waals surface area contributed by atoms with Crippen molar-refractivity contribution >= 4 is 11.0 Å². The molecule has 2 aromatic heterocycles. The maximum Gasteiger partial charge on any atom is 0.280 e. The fraction of sp³-hybridized carbons (Fsp3) is 0.286. The molecule has 0 atom stereocenters. The van der Waals surface area contributed by atoms with Crippen molar-refractivity contribution in [3.05, 3.63) is 52.4 Å². The summed E-state index contributed by atoms with van der Waals surface area (Å²) in [5.41, 5.74) is 1.56. The average molecular weight is 284 g/mol. The van der Waals surface area contributed by atoms with Crippen LogP contribution in [-0.2, 0) is 20.1 Å². The van der Waals surface area contributed by atoms with Crippen LogP contribution in [0, 0.1) is 0 Å². The lowest BCUT2D eigenvalue weighted by Crippen LogP contribution is -2.29. The van der Waals surface area contributed by atoms with Crippen molar-refractivity contribution in [2.75, 3.05) is 6.54 Å². The Morgan fingerprint density at radius 1 is 1.24 bits per heavy atom. The SMILES string of the molecule is Cn1ncc2c(=O)n(CCNCc3ccccc3)nnc21. The zero-order valence-electron chi connectivity index (χ0n) is 11.7. The third kappa shape index (κ3) is 2.82. The van der Waals surface area contributed by atoms with Crippen molar-refractivity contribution in [3.8, 4) is 0 Å². The summed E-state index contributed by atoms with van der Waals surface area (Å²) in [7, 11) is 1.74. The minimum atomic E-state index is -0.158. The fourth-order valence-corrected chi connectivity index (χ4v) is 2.14. The Bertz CT molecular complexity index is 792. The van der Waals surface area contributed by atoms with Gasteiger partial charge in [-0.1, -0.05) is 35.5 Å². The Morgan fingerprint density at radius 3 is 2.86 bits per heavy atom. The highest BCUT2D eigenvalue weighted by atomic mass is 16.1. The van der Waals surface area contributed by atoms with Gasteiger partial charge >= 0.3 is 0 Å². The van der Waals surface area contributed by atoms with E-state index in [0.717, 1.165) is 6.54 Å². The van der Waals surface area contributed by atoms with Gasteiger partial charge in [-0.15, -0.1) is 5.10 Å². The Kier molecular flexibility index (Phi) is 3.74. The van der Waals surface area contributed by atoms with Gasteiger partial charge in [0.1, 0.15) is 5.39 Å². The molecule has 0 unspecified atom stereocenters. The van der Waals surface area contributed by atoms with E-state index in [-0.39, 0.29) is 5.56 Å². The van der Waals surface area contributed by atoms with Crippen LogP contribution in [0.2, 0.25) is 0 Å². The zero-order valence-corrected chi connectivity index (χ0v) is 11.7. The Hall–Kier alpha value is -2.54. The quantitative estimate of drug-likeness (QED) is 0.683. The molecule has 0 bridgehead atoms. The molecule has 0 aliphatic rings. The average Bonchev–Trinajstić information content (AvgIpc) is 2.89. The van der Waals surface area contributed by atoms with Crippen LogP contribution in [0.3, 0.4) is 0 Å². The molecule has 2 heterocycles. The third-order valence-corrected chi connectivity index (χ3v) is 3.29. The number of hydrogen-bond donors (Lipinski definition) is 1. The van der Waals surface area contributed by atoms with Crippen molar-refractivity contribution in [1.29, 1.82) is 0 Å². The van der Waals surface area contributed by atoms with Gasteiger partial charge in [-0.3, -0.25) is 4.79 Å². The number of aromatic nitrogens is 5. The van der Waals surface area contributed by atoms with Crippen LogP contribution >= 0.6 is 0 Å². The lowest BCUT2D eigenvalue weighted by atomic mass is 10.2. The number of nitrogens with zero attached hydrogens (tertiary/aromatic N) is 5. The molecular formula is C14H16N6O. The minimum absolute atomic E-state index is 0.158. The van der Waals surface area contributed by atoms with Crippen LogP contribution in [0.25, 0.3) is 11.0 Å². The smallest absolute Gasteiger partial charge is 0.280 e. The number of hydrogen-bond acceptors (Lipinski definition) is 5. The van der Waals surface area contributed by atoms with E-state index in [9.17, 15) is 4.79 Å². The van der Waals surface area contributed by atoms with Crippen LogP contribution in [0.15, 0.2) is 41.3 Å². The summed E-state index contributed by atoms with van der Waals surface area (Å²) in [6.07, 6.45) is 1.53. The summed E-state index contributed by atoms with van der Waals surface area (Å²) in [5.74, 6) is 0. The van der Waals surface area contributed by atoms with Gasteiger partial charge in [0.15, 0.2) is 5.65 Å². The second-order valence-electron chi connectivity index (χ2n) is 4.79. The Balaban J connectivity index is 1.63. The maximum atomic E-state index is 12.2. The van der Waals surface area contributed by atoms with Crippen LogP contribution in [0.5, 0.6) is 0 Å². The molecule has 0 radical (unpaired) electrons. The van der Waals surface area contributed by atoms with Crippen molar-refractivity contribution in [1.82, 2.24) is 30.1 Å². The minimum Gasteiger partial charge on any atom is -0.311 e. The van der Waals surface area contributed by atoms with Gasteiger partial charge in [0, 0.05) is 20.1 Å². The Labute approximate surface area is 121 Å². The number of fused-ring (bicyclic) bond motifs is 1. The van der Waals surface area contributed by atoms with Gasteiger partial charge in [0.05, 0.1) is 12.7 Å². The molecule has 7 nitrogen and oxygen atoms in total. The van der Waals surface area contributed by atoms with E-state index in [2.05, 4.69) is 32.9 Å². The summed E-state index contributed by atoms with van der Waals surface area (Å²) < 4.78 is 2.91. The molecule has 0 aliphatic heterocycles. The number of aryl methyl sites for hydroxylation is 1. The third-order valence-electron chi connectivity index (χ3n) is 3.29. The normalized spacial score (nSPS) is 11.1. The fourth-order valence-electron chi connectivity index (χ4n) is 2.14. The van der Waals surface area contributed by atoms with E-state index in [4.69, 9.17) is 0 Å². The molecule has 3 rings (SSSR count). The van der Waals surface area contributed by atoms with E-state index in [1.165, 1.54) is 16.4 Å². The predicted octanol–water partition coefficient (Wildman–Crippen LogP) is 0.315. The summed E-state index contributed by atoms with van der Waals surface area (Å²) in [4.78, 5) is 12.2. The van der Waals surface area contributed by atoms with Crippen LogP contribution in [-0.4, -0.2) is 31.3 Å². The summed E-state index contributed by atoms with van der Waals surface area (Å²) in [5, 5.41) is 15.8. The lowest BCUT2D eigenvalue weighted by molar-refractivity contribution is 0.511. The van der Waals surface area contributed by atoms with Gasteiger partial charge < -0.3 is 5.32 Å². The standard InChI is InChI=1S/C14H16N6O/c1-19-13-12(10-16-19)14(21)20(18-17-13)8-7-15-9-11-5-3-2-4-6-11/h2-6,10,15H,7-9H2,1H3. The van der Waals surface area contributed by atoms with Crippen LogP contribution in [0.4, 0.5) is 0 Å². The van der Waals surface area contributed by atoms with Crippen molar-refractivity contribution in [2.45, 2.75) is 13.1 Å². The highest BCUT2D eigenvalue weighted by Crippen LogP contribution is 2.01. The van der Waals surface area contributed by atoms with Crippen molar-refractivity contribution in [2.24, 2.45) is 7.05 Å². The second kappa shape index (κ2) is 5.84. The van der Waals surface area contributed by atoms with Gasteiger partial charge in [0.25, 0.3) is 5.56 Å². The first kappa shape index (κ1) is 13.4. The van der Waals surface area contributed by atoms with Gasteiger partial charge in [-0.05, 0) is 5.56 Å². The predicted molar refractivity (Wildman–Crippen MR) is 78.7 cm³/mol. The molecule has 7 heteroatoms. The van der Waals surface area contributed by atoms with Gasteiger partial charge in [-0.2, -0.15) is 5.10 Å². The zero-order chi connectivity index (χ0) is 14.7. The van der Waals surface area contributed by atoms with Crippen LogP contribution < -0.4 is 10.9 Å². The van der Waals surface area contributed by atoms with Crippen molar-refractivity contribution in [3.63, 3.8) is 0 Å². The largest absolute Gasteiger partial charge is 0.311 e. The molecule has 0 amide bonds. The molecule has 108 valence electrons. The molecule has 0 saturated carbocycles. The monoisotopic (exact) mass is 284 g/mol. The highest BCUT2D eigenvalue weighted by Gasteiger charge is 2.08. The van der Waals surface area contributed by atoms with Crippen molar-refractivity contribution < 1.29 is 0 Å². The molecule has 0 spiro atoms. The lowest BCUT2D eigenvalue weighted by Gasteiger charge is -2.06. The molecule has 21 heavy (non-hydrogen) atoms. The second-order valence-corrected chi connectivity index (χ2v) is 4.79. The molecule has 0 fully saturated rings. The van der Waals surface area contributed by atoms with E-state index in [1.807, 2.05) is 18.2 Å². The molecule has 0 aliphatic carbocycles. The van der Waals surface area contributed by atoms with E-state index < -0.39 is 0 Å². The highest BCUT2D eigenvalue weighted by molar-refractivity contribution is 5.72. The summed E-state index contributed by atoms with van der Waals surface area (Å²) in [6.45, 7) is 1.89. The molecule has 1 aromatic carbocycles. The Morgan fingerprint density at radius 2 is 2.05 bits per heavy atom. The molecular weight excluding hydrogens is 268 g/mol. The molecule has 1 N–H and O–H groups in total. The number of rotatable bonds is 5. The topological polar surface area (TPSA) is 77.6 Å². The summed E-state index contributed by atoms with van der Waals surface area (Å²) in [6, 6.07) is 10.1. The maximum absolute atomic E-state index is 12.2. The first-order chi connectivity index (χ1) is 10.3.